The molecule has 2 atom stereocenters. The van der Waals surface area contributed by atoms with E-state index in [1.165, 1.54) is 0 Å². The molecule has 96 valence electrons. The van der Waals surface area contributed by atoms with Crippen molar-refractivity contribution in [2.45, 2.75) is 32.5 Å². The van der Waals surface area contributed by atoms with Gasteiger partial charge in [0.2, 0.25) is 0 Å². The number of anilines is 1. The Balaban J connectivity index is 2.07. The molecule has 4 nitrogen and oxygen atoms in total. The zero-order valence-corrected chi connectivity index (χ0v) is 10.9. The van der Waals surface area contributed by atoms with Gasteiger partial charge in [-0.2, -0.15) is 0 Å². The molecule has 18 heavy (non-hydrogen) atoms. The molecule has 0 bridgehead atoms. The Morgan fingerprint density at radius 2 is 2.22 bits per heavy atom. The molecule has 3 rings (SSSR count). The van der Waals surface area contributed by atoms with E-state index in [1.54, 1.807) is 0 Å². The SMILES string of the molecule is Cc1cccc2c1C(=O)N[C@@H]1CCN[C@@H](C)CN21. The van der Waals surface area contributed by atoms with Crippen molar-refractivity contribution in [2.75, 3.05) is 18.0 Å². The van der Waals surface area contributed by atoms with Crippen molar-refractivity contribution < 1.29 is 4.79 Å². The van der Waals surface area contributed by atoms with Gasteiger partial charge in [0.25, 0.3) is 5.91 Å². The molecule has 0 aromatic heterocycles. The fraction of sp³-hybridized carbons (Fsp3) is 0.500. The van der Waals surface area contributed by atoms with Crippen LogP contribution in [0.5, 0.6) is 0 Å². The molecule has 1 aromatic carbocycles. The van der Waals surface area contributed by atoms with Crippen molar-refractivity contribution in [1.29, 1.82) is 0 Å². The summed E-state index contributed by atoms with van der Waals surface area (Å²) in [6, 6.07) is 6.54. The summed E-state index contributed by atoms with van der Waals surface area (Å²) < 4.78 is 0. The molecule has 0 aliphatic carbocycles. The third-order valence-electron chi connectivity index (χ3n) is 3.84. The molecule has 0 spiro atoms. The number of hydrogen-bond acceptors (Lipinski definition) is 3. The number of aryl methyl sites for hydroxylation is 1. The number of nitrogens with zero attached hydrogens (tertiary/aromatic N) is 1. The van der Waals surface area contributed by atoms with Crippen LogP contribution in [0.2, 0.25) is 0 Å². The first kappa shape index (κ1) is 11.5. The molecular weight excluding hydrogens is 226 g/mol. The topological polar surface area (TPSA) is 44.4 Å². The molecule has 0 saturated carbocycles. The Hall–Kier alpha value is -1.55. The van der Waals surface area contributed by atoms with E-state index in [2.05, 4.69) is 28.5 Å². The highest BCUT2D eigenvalue weighted by Crippen LogP contribution is 2.30. The van der Waals surface area contributed by atoms with E-state index in [0.29, 0.717) is 6.04 Å². The summed E-state index contributed by atoms with van der Waals surface area (Å²) in [6.45, 7) is 6.07. The Bertz CT molecular complexity index is 486. The molecule has 2 heterocycles. The predicted octanol–water partition coefficient (Wildman–Crippen LogP) is 1.25. The Morgan fingerprint density at radius 3 is 3.06 bits per heavy atom. The maximum Gasteiger partial charge on any atom is 0.255 e. The minimum atomic E-state index is 0.0684. The first-order chi connectivity index (χ1) is 8.66. The van der Waals surface area contributed by atoms with Gasteiger partial charge in [0.15, 0.2) is 0 Å². The fourth-order valence-electron chi connectivity index (χ4n) is 2.94. The lowest BCUT2D eigenvalue weighted by atomic mass is 10.0. The molecule has 1 amide bonds. The summed E-state index contributed by atoms with van der Waals surface area (Å²) in [7, 11) is 0. The van der Waals surface area contributed by atoms with Crippen molar-refractivity contribution in [1.82, 2.24) is 10.6 Å². The fourth-order valence-corrected chi connectivity index (χ4v) is 2.94. The zero-order chi connectivity index (χ0) is 12.7. The number of rotatable bonds is 0. The number of carbonyl (C=O) groups is 1. The lowest BCUT2D eigenvalue weighted by Gasteiger charge is -2.38. The molecule has 1 fully saturated rings. The molecule has 2 aliphatic heterocycles. The standard InChI is InChI=1S/C14H19N3O/c1-9-4-3-5-11-13(9)14(18)16-12-6-7-15-10(2)8-17(11)12/h3-5,10,12,15H,6-8H2,1-2H3,(H,16,18)/t10-,12-/m0/s1. The van der Waals surface area contributed by atoms with Crippen LogP contribution in [0.15, 0.2) is 18.2 Å². The van der Waals surface area contributed by atoms with Crippen LogP contribution >= 0.6 is 0 Å². The number of nitrogens with one attached hydrogen (secondary N) is 2. The smallest absolute Gasteiger partial charge is 0.255 e. The minimum absolute atomic E-state index is 0.0684. The Kier molecular flexibility index (Phi) is 2.74. The lowest BCUT2D eigenvalue weighted by molar-refractivity contribution is 0.0925. The third-order valence-corrected chi connectivity index (χ3v) is 3.84. The average Bonchev–Trinajstić information content (AvgIpc) is 2.51. The second-order valence-corrected chi connectivity index (χ2v) is 5.25. The summed E-state index contributed by atoms with van der Waals surface area (Å²) >= 11 is 0. The van der Waals surface area contributed by atoms with Gasteiger partial charge in [0.05, 0.1) is 11.3 Å². The van der Waals surface area contributed by atoms with Crippen molar-refractivity contribution in [2.24, 2.45) is 0 Å². The first-order valence-electron chi connectivity index (χ1n) is 6.57. The summed E-state index contributed by atoms with van der Waals surface area (Å²) in [5, 5.41) is 6.59. The van der Waals surface area contributed by atoms with Gasteiger partial charge >= 0.3 is 0 Å². The highest BCUT2D eigenvalue weighted by molar-refractivity contribution is 6.03. The second-order valence-electron chi connectivity index (χ2n) is 5.25. The molecule has 4 heteroatoms. The highest BCUT2D eigenvalue weighted by atomic mass is 16.2. The Labute approximate surface area is 107 Å². The second kappa shape index (κ2) is 4.28. The number of fused-ring (bicyclic) bond motifs is 3. The summed E-state index contributed by atoms with van der Waals surface area (Å²) in [5.41, 5.74) is 2.97. The largest absolute Gasteiger partial charge is 0.349 e. The average molecular weight is 245 g/mol. The summed E-state index contributed by atoms with van der Waals surface area (Å²) in [5.74, 6) is 0.0684. The van der Waals surface area contributed by atoms with Gasteiger partial charge in [-0.1, -0.05) is 12.1 Å². The lowest BCUT2D eigenvalue weighted by Crippen LogP contribution is -2.54. The monoisotopic (exact) mass is 245 g/mol. The quantitative estimate of drug-likeness (QED) is 0.723. The van der Waals surface area contributed by atoms with Crippen molar-refractivity contribution in [3.8, 4) is 0 Å². The molecule has 1 saturated heterocycles. The van der Waals surface area contributed by atoms with Crippen LogP contribution in [-0.4, -0.2) is 31.2 Å². The van der Waals surface area contributed by atoms with Crippen LogP contribution in [-0.2, 0) is 0 Å². The van der Waals surface area contributed by atoms with Crippen LogP contribution in [0.3, 0.4) is 0 Å². The molecule has 2 aliphatic rings. The normalized spacial score (nSPS) is 27.0. The molecule has 1 aromatic rings. The molecule has 2 N–H and O–H groups in total. The van der Waals surface area contributed by atoms with Crippen LogP contribution in [0.25, 0.3) is 0 Å². The number of hydrogen-bond donors (Lipinski definition) is 2. The van der Waals surface area contributed by atoms with Gasteiger partial charge in [-0.25, -0.2) is 0 Å². The van der Waals surface area contributed by atoms with Crippen molar-refractivity contribution in [3.05, 3.63) is 29.3 Å². The first-order valence-corrected chi connectivity index (χ1v) is 6.57. The van der Waals surface area contributed by atoms with Gasteiger partial charge in [0.1, 0.15) is 6.17 Å². The van der Waals surface area contributed by atoms with E-state index in [-0.39, 0.29) is 12.1 Å². The Morgan fingerprint density at radius 1 is 1.39 bits per heavy atom. The molecule has 0 radical (unpaired) electrons. The summed E-state index contributed by atoms with van der Waals surface area (Å²) in [6.07, 6.45) is 1.08. The predicted molar refractivity (Wildman–Crippen MR) is 71.9 cm³/mol. The van der Waals surface area contributed by atoms with Gasteiger partial charge in [-0.3, -0.25) is 4.79 Å². The van der Waals surface area contributed by atoms with Gasteiger partial charge in [-0.15, -0.1) is 0 Å². The van der Waals surface area contributed by atoms with Gasteiger partial charge < -0.3 is 15.5 Å². The summed E-state index contributed by atoms with van der Waals surface area (Å²) in [4.78, 5) is 14.5. The van der Waals surface area contributed by atoms with E-state index in [4.69, 9.17) is 0 Å². The molecular formula is C14H19N3O. The number of carbonyl (C=O) groups excluding carboxylic acids is 1. The van der Waals surface area contributed by atoms with E-state index in [0.717, 1.165) is 36.3 Å². The number of amides is 1. The van der Waals surface area contributed by atoms with Crippen LogP contribution in [0, 0.1) is 6.92 Å². The van der Waals surface area contributed by atoms with Crippen LogP contribution in [0.1, 0.15) is 29.3 Å². The van der Waals surface area contributed by atoms with Gasteiger partial charge in [0, 0.05) is 12.6 Å². The van der Waals surface area contributed by atoms with Crippen molar-refractivity contribution >= 4 is 11.6 Å². The maximum absolute atomic E-state index is 12.2. The van der Waals surface area contributed by atoms with Gasteiger partial charge in [-0.05, 0) is 38.4 Å². The van der Waals surface area contributed by atoms with Crippen LogP contribution < -0.4 is 15.5 Å². The highest BCUT2D eigenvalue weighted by Gasteiger charge is 2.33. The maximum atomic E-state index is 12.2. The van der Waals surface area contributed by atoms with Crippen LogP contribution in [0.4, 0.5) is 5.69 Å². The zero-order valence-electron chi connectivity index (χ0n) is 10.9. The van der Waals surface area contributed by atoms with Crippen molar-refractivity contribution in [3.63, 3.8) is 0 Å². The number of benzene rings is 1. The van der Waals surface area contributed by atoms with E-state index in [1.807, 2.05) is 19.1 Å². The minimum Gasteiger partial charge on any atom is -0.349 e. The third kappa shape index (κ3) is 1.77. The van der Waals surface area contributed by atoms with E-state index in [9.17, 15) is 4.79 Å². The van der Waals surface area contributed by atoms with E-state index < -0.39 is 0 Å². The van der Waals surface area contributed by atoms with E-state index >= 15 is 0 Å². The molecule has 0 unspecified atom stereocenters.